The van der Waals surface area contributed by atoms with Crippen molar-refractivity contribution in [3.8, 4) is 11.1 Å². The van der Waals surface area contributed by atoms with E-state index in [4.69, 9.17) is 4.74 Å². The molecule has 0 saturated heterocycles. The number of rotatable bonds is 13. The molecule has 0 spiro atoms. The first-order chi connectivity index (χ1) is 25.1. The van der Waals surface area contributed by atoms with Gasteiger partial charge in [-0.2, -0.15) is 0 Å². The molecule has 5 rings (SSSR count). The van der Waals surface area contributed by atoms with Crippen LogP contribution >= 0.6 is 23.1 Å². The molecule has 4 aromatic carbocycles. The summed E-state index contributed by atoms with van der Waals surface area (Å²) in [5.41, 5.74) is 5.87. The summed E-state index contributed by atoms with van der Waals surface area (Å²) in [7, 11) is 1.32. The second kappa shape index (κ2) is 17.7. The SMILES string of the molecule is CCC(Sc1cccc(NC(=O)/C(=C\c2ccc(C(C)C)cc2)NC(=O)c2ccccc2)c1)C(=O)Nc1scc(-c2ccc(C)cc2)c1C(=O)OC. The van der Waals surface area contributed by atoms with Gasteiger partial charge in [0.15, 0.2) is 0 Å². The number of carbonyl (C=O) groups excluding carboxylic acids is 4. The Kier molecular flexibility index (Phi) is 12.8. The number of hydrogen-bond acceptors (Lipinski definition) is 7. The van der Waals surface area contributed by atoms with E-state index >= 15 is 0 Å². The first-order valence-electron chi connectivity index (χ1n) is 16.9. The van der Waals surface area contributed by atoms with Crippen molar-refractivity contribution in [3.05, 3.63) is 142 Å². The van der Waals surface area contributed by atoms with Crippen molar-refractivity contribution in [1.82, 2.24) is 5.32 Å². The molecule has 0 bridgehead atoms. The zero-order valence-electron chi connectivity index (χ0n) is 29.7. The lowest BCUT2D eigenvalue weighted by atomic mass is 10.0. The van der Waals surface area contributed by atoms with Crippen molar-refractivity contribution in [3.63, 3.8) is 0 Å². The average Bonchev–Trinajstić information content (AvgIpc) is 3.57. The number of carbonyl (C=O) groups is 4. The van der Waals surface area contributed by atoms with E-state index in [1.54, 1.807) is 48.5 Å². The Morgan fingerprint density at radius 1 is 0.865 bits per heavy atom. The number of benzene rings is 4. The minimum Gasteiger partial charge on any atom is -0.465 e. The predicted octanol–water partition coefficient (Wildman–Crippen LogP) is 9.55. The lowest BCUT2D eigenvalue weighted by Crippen LogP contribution is -2.30. The van der Waals surface area contributed by atoms with Crippen LogP contribution in [0.1, 0.15) is 70.5 Å². The maximum Gasteiger partial charge on any atom is 0.341 e. The lowest BCUT2D eigenvalue weighted by molar-refractivity contribution is -0.116. The molecule has 3 N–H and O–H groups in total. The summed E-state index contributed by atoms with van der Waals surface area (Å²) >= 11 is 2.62. The molecule has 0 radical (unpaired) electrons. The Morgan fingerprint density at radius 2 is 1.58 bits per heavy atom. The van der Waals surface area contributed by atoms with E-state index in [0.29, 0.717) is 39.7 Å². The summed E-state index contributed by atoms with van der Waals surface area (Å²) in [6.07, 6.45) is 2.15. The molecular formula is C42H41N3O5S2. The van der Waals surface area contributed by atoms with Gasteiger partial charge < -0.3 is 20.7 Å². The highest BCUT2D eigenvalue weighted by Crippen LogP contribution is 2.37. The van der Waals surface area contributed by atoms with Crippen LogP contribution in [0, 0.1) is 6.92 Å². The standard InChI is InChI=1S/C42H41N3O5S2/c1-6-36(40(48)45-41-37(42(49)50-5)34(25-51-41)30-19-15-27(4)16-20-30)52-33-14-10-13-32(24-33)43-39(47)35(44-38(46)31-11-8-7-9-12-31)23-28-17-21-29(22-18-28)26(2)3/h7-26,36H,6H2,1-5H3,(H,43,47)(H,44,46)(H,45,48)/b35-23+. The minimum absolute atomic E-state index is 0.0809. The third-order valence-electron chi connectivity index (χ3n) is 8.26. The van der Waals surface area contributed by atoms with Crippen molar-refractivity contribution < 1.29 is 23.9 Å². The van der Waals surface area contributed by atoms with Gasteiger partial charge in [0.05, 0.1) is 12.4 Å². The highest BCUT2D eigenvalue weighted by Gasteiger charge is 2.26. The number of amides is 3. The predicted molar refractivity (Wildman–Crippen MR) is 212 cm³/mol. The Bertz CT molecular complexity index is 2070. The molecule has 0 saturated carbocycles. The van der Waals surface area contributed by atoms with Gasteiger partial charge in [-0.3, -0.25) is 14.4 Å². The molecule has 0 aliphatic carbocycles. The molecule has 0 aliphatic heterocycles. The van der Waals surface area contributed by atoms with E-state index in [1.807, 2.05) is 79.9 Å². The topological polar surface area (TPSA) is 114 Å². The van der Waals surface area contributed by atoms with Gasteiger partial charge in [-0.1, -0.05) is 99.1 Å². The maximum absolute atomic E-state index is 13.7. The van der Waals surface area contributed by atoms with Crippen LogP contribution in [0.3, 0.4) is 0 Å². The monoisotopic (exact) mass is 731 g/mol. The van der Waals surface area contributed by atoms with Crippen LogP contribution in [0.2, 0.25) is 0 Å². The van der Waals surface area contributed by atoms with Gasteiger partial charge in [0, 0.05) is 27.1 Å². The fraction of sp³-hybridized carbons (Fsp3) is 0.190. The van der Waals surface area contributed by atoms with Gasteiger partial charge in [-0.15, -0.1) is 23.1 Å². The molecule has 0 aliphatic rings. The van der Waals surface area contributed by atoms with Crippen molar-refractivity contribution in [2.24, 2.45) is 0 Å². The number of thiophene rings is 1. The number of ether oxygens (including phenoxy) is 1. The Balaban J connectivity index is 1.33. The van der Waals surface area contributed by atoms with Crippen molar-refractivity contribution in [2.45, 2.75) is 50.2 Å². The summed E-state index contributed by atoms with van der Waals surface area (Å²) < 4.78 is 5.09. The van der Waals surface area contributed by atoms with Crippen LogP contribution < -0.4 is 16.0 Å². The number of hydrogen-bond donors (Lipinski definition) is 3. The number of anilines is 2. The lowest BCUT2D eigenvalue weighted by Gasteiger charge is -2.16. The quantitative estimate of drug-likeness (QED) is 0.0632. The van der Waals surface area contributed by atoms with E-state index in [9.17, 15) is 19.2 Å². The third kappa shape index (κ3) is 9.65. The molecule has 8 nitrogen and oxygen atoms in total. The fourth-order valence-corrected chi connectivity index (χ4v) is 7.28. The molecule has 1 unspecified atom stereocenters. The molecule has 1 heterocycles. The summed E-state index contributed by atoms with van der Waals surface area (Å²) in [6, 6.07) is 31.5. The highest BCUT2D eigenvalue weighted by atomic mass is 32.2. The minimum atomic E-state index is -0.530. The normalized spacial score (nSPS) is 11.8. The first-order valence-corrected chi connectivity index (χ1v) is 18.7. The van der Waals surface area contributed by atoms with E-state index in [2.05, 4.69) is 29.8 Å². The number of aryl methyl sites for hydroxylation is 1. The molecule has 10 heteroatoms. The van der Waals surface area contributed by atoms with E-state index < -0.39 is 23.0 Å². The number of nitrogens with one attached hydrogen (secondary N) is 3. The third-order valence-corrected chi connectivity index (χ3v) is 10.5. The second-order valence-corrected chi connectivity index (χ2v) is 14.6. The molecular weight excluding hydrogens is 691 g/mol. The molecule has 5 aromatic rings. The van der Waals surface area contributed by atoms with Crippen molar-refractivity contribution >= 4 is 63.6 Å². The van der Waals surface area contributed by atoms with Gasteiger partial charge in [-0.25, -0.2) is 4.79 Å². The van der Waals surface area contributed by atoms with Crippen LogP contribution in [0.15, 0.2) is 119 Å². The summed E-state index contributed by atoms with van der Waals surface area (Å²) in [4.78, 5) is 54.0. The molecule has 52 heavy (non-hydrogen) atoms. The summed E-state index contributed by atoms with van der Waals surface area (Å²) in [5.74, 6) is -1.35. The van der Waals surface area contributed by atoms with Gasteiger partial charge in [0.25, 0.3) is 11.8 Å². The largest absolute Gasteiger partial charge is 0.465 e. The Morgan fingerprint density at radius 3 is 2.23 bits per heavy atom. The summed E-state index contributed by atoms with van der Waals surface area (Å²) in [6.45, 7) is 8.12. The van der Waals surface area contributed by atoms with Crippen LogP contribution in [-0.2, 0) is 14.3 Å². The molecule has 266 valence electrons. The number of thioether (sulfide) groups is 1. The van der Waals surface area contributed by atoms with Gasteiger partial charge in [-0.05, 0) is 72.4 Å². The van der Waals surface area contributed by atoms with Gasteiger partial charge >= 0.3 is 5.97 Å². The molecule has 3 amide bonds. The highest BCUT2D eigenvalue weighted by molar-refractivity contribution is 8.00. The maximum atomic E-state index is 13.7. The number of methoxy groups -OCH3 is 1. The second-order valence-electron chi connectivity index (χ2n) is 12.4. The van der Waals surface area contributed by atoms with Crippen LogP contribution in [-0.4, -0.2) is 36.1 Å². The van der Waals surface area contributed by atoms with Crippen molar-refractivity contribution in [1.29, 1.82) is 0 Å². The smallest absolute Gasteiger partial charge is 0.341 e. The Labute approximate surface area is 312 Å². The first kappa shape index (κ1) is 37.8. The van der Waals surface area contributed by atoms with E-state index in [1.165, 1.54) is 30.2 Å². The van der Waals surface area contributed by atoms with Gasteiger partial charge in [0.1, 0.15) is 16.3 Å². The average molecular weight is 732 g/mol. The zero-order valence-corrected chi connectivity index (χ0v) is 31.3. The number of esters is 1. The zero-order chi connectivity index (χ0) is 37.2. The Hall–Kier alpha value is -5.45. The van der Waals surface area contributed by atoms with Crippen LogP contribution in [0.5, 0.6) is 0 Å². The van der Waals surface area contributed by atoms with E-state index in [-0.39, 0.29) is 11.6 Å². The van der Waals surface area contributed by atoms with Crippen molar-refractivity contribution in [2.75, 3.05) is 17.7 Å². The fourth-order valence-electron chi connectivity index (χ4n) is 5.31. The van der Waals surface area contributed by atoms with E-state index in [0.717, 1.165) is 27.1 Å². The molecule has 1 aromatic heterocycles. The molecule has 1 atom stereocenters. The van der Waals surface area contributed by atoms with Crippen LogP contribution in [0.25, 0.3) is 17.2 Å². The van der Waals surface area contributed by atoms with Crippen LogP contribution in [0.4, 0.5) is 10.7 Å². The summed E-state index contributed by atoms with van der Waals surface area (Å²) in [5, 5.41) is 10.4. The van der Waals surface area contributed by atoms with Gasteiger partial charge in [0.2, 0.25) is 5.91 Å². The molecule has 0 fully saturated rings.